The van der Waals surface area contributed by atoms with Gasteiger partial charge in [0.15, 0.2) is 0 Å². The minimum absolute atomic E-state index is 0.887. The third kappa shape index (κ3) is 11.8. The quantitative estimate of drug-likeness (QED) is 0.192. The first-order valence-electron chi connectivity index (χ1n) is 13.1. The molecular weight excluding hydrogens is 364 g/mol. The summed E-state index contributed by atoms with van der Waals surface area (Å²) in [4.78, 5) is 0. The molecule has 0 aromatic heterocycles. The van der Waals surface area contributed by atoms with E-state index in [1.54, 1.807) is 0 Å². The number of nitrogens with zero attached hydrogens (tertiary/aromatic N) is 1. The molecule has 170 valence electrons. The topological polar surface area (TPSA) is 15.0 Å². The number of benzene rings is 1. The van der Waals surface area contributed by atoms with Gasteiger partial charge in [0.05, 0.1) is 0 Å². The number of hydrogen-bond donors (Lipinski definition) is 1. The second-order valence-corrected chi connectivity index (χ2v) is 9.81. The van der Waals surface area contributed by atoms with E-state index in [9.17, 15) is 0 Å². The number of hydrogen-bond acceptors (Lipinski definition) is 1. The van der Waals surface area contributed by atoms with Gasteiger partial charge in [-0.1, -0.05) is 128 Å². The average Bonchev–Trinajstić information content (AvgIpc) is 3.18. The van der Waals surface area contributed by atoms with Gasteiger partial charge in [0.1, 0.15) is 19.6 Å². The summed E-state index contributed by atoms with van der Waals surface area (Å²) in [5.41, 5.74) is 1.42. The van der Waals surface area contributed by atoms with Crippen LogP contribution in [0.25, 0.3) is 0 Å². The molecule has 2 heteroatoms. The van der Waals surface area contributed by atoms with E-state index in [4.69, 9.17) is 0 Å². The van der Waals surface area contributed by atoms with Crippen LogP contribution in [0.2, 0.25) is 0 Å². The van der Waals surface area contributed by atoms with Crippen LogP contribution in [0.3, 0.4) is 0 Å². The summed E-state index contributed by atoms with van der Waals surface area (Å²) in [6.07, 6.45) is 21.3. The molecule has 0 saturated heterocycles. The Hall–Kier alpha value is -1.31. The predicted molar refractivity (Wildman–Crippen MR) is 132 cm³/mol. The van der Waals surface area contributed by atoms with Gasteiger partial charge in [-0.05, 0) is 17.9 Å². The van der Waals surface area contributed by atoms with Crippen molar-refractivity contribution >= 4 is 5.84 Å². The summed E-state index contributed by atoms with van der Waals surface area (Å²) in [6, 6.07) is 10.9. The number of amidine groups is 1. The number of rotatable bonds is 18. The fraction of sp³-hybridized carbons (Fsp3) is 0.750. The van der Waals surface area contributed by atoms with Crippen molar-refractivity contribution in [3.8, 4) is 0 Å². The number of nitrogens with one attached hydrogen (secondary N) is 1. The Balaban J connectivity index is 1.38. The van der Waals surface area contributed by atoms with Crippen molar-refractivity contribution in [1.82, 2.24) is 5.32 Å². The Kier molecular flexibility index (Phi) is 13.6. The van der Waals surface area contributed by atoms with Gasteiger partial charge in [0.25, 0.3) is 0 Å². The smallest absolute Gasteiger partial charge is 0.245 e. The molecule has 0 radical (unpaired) electrons. The van der Waals surface area contributed by atoms with Crippen molar-refractivity contribution in [1.29, 1.82) is 0 Å². The molecule has 30 heavy (non-hydrogen) atoms. The standard InChI is InChI=1S/C28H48N2/c1-26(2)19-15-12-10-8-6-4-3-5-7-9-11-13-18-22-28-29-23-24-30(28)25-27-20-16-14-17-21-27/h14,16-17,20-21,26H,3-13,15,18-19,22-25H2,1-2H3/p+1. The van der Waals surface area contributed by atoms with Gasteiger partial charge in [-0.3, -0.25) is 9.89 Å². The average molecular weight is 414 g/mol. The van der Waals surface area contributed by atoms with Crippen molar-refractivity contribution in [2.45, 2.75) is 117 Å². The highest BCUT2D eigenvalue weighted by Gasteiger charge is 2.20. The Labute approximate surface area is 187 Å². The molecule has 2 rings (SSSR count). The first-order chi connectivity index (χ1) is 14.8. The van der Waals surface area contributed by atoms with E-state index < -0.39 is 0 Å². The fourth-order valence-corrected chi connectivity index (χ4v) is 4.60. The maximum atomic E-state index is 3.62. The summed E-state index contributed by atoms with van der Waals surface area (Å²) >= 11 is 0. The van der Waals surface area contributed by atoms with Crippen molar-refractivity contribution in [3.63, 3.8) is 0 Å². The van der Waals surface area contributed by atoms with Crippen LogP contribution < -0.4 is 5.32 Å². The van der Waals surface area contributed by atoms with Gasteiger partial charge in [-0.2, -0.15) is 0 Å². The van der Waals surface area contributed by atoms with Crippen LogP contribution in [0.1, 0.15) is 116 Å². The molecule has 1 aromatic carbocycles. The molecule has 1 heterocycles. The molecular formula is C28H49N2+. The zero-order chi connectivity index (χ0) is 21.3. The molecule has 0 amide bonds. The van der Waals surface area contributed by atoms with Gasteiger partial charge < -0.3 is 0 Å². The number of unbranched alkanes of at least 4 members (excludes halogenated alkanes) is 12. The lowest BCUT2D eigenvalue weighted by molar-refractivity contribution is -0.535. The highest BCUT2D eigenvalue weighted by atomic mass is 15.2. The minimum atomic E-state index is 0.887. The van der Waals surface area contributed by atoms with Gasteiger partial charge in [-0.15, -0.1) is 0 Å². The van der Waals surface area contributed by atoms with Crippen molar-refractivity contribution in [2.24, 2.45) is 5.92 Å². The zero-order valence-electron chi connectivity index (χ0n) is 20.1. The van der Waals surface area contributed by atoms with Crippen LogP contribution in [0, 0.1) is 5.92 Å². The predicted octanol–water partition coefficient (Wildman–Crippen LogP) is 7.71. The Bertz CT molecular complexity index is 561. The van der Waals surface area contributed by atoms with E-state index >= 15 is 0 Å². The van der Waals surface area contributed by atoms with E-state index in [1.165, 1.54) is 108 Å². The summed E-state index contributed by atoms with van der Waals surface area (Å²) in [5, 5.41) is 3.62. The Morgan fingerprint density at radius 3 is 1.83 bits per heavy atom. The van der Waals surface area contributed by atoms with Gasteiger partial charge >= 0.3 is 0 Å². The lowest BCUT2D eigenvalue weighted by Crippen LogP contribution is -2.22. The lowest BCUT2D eigenvalue weighted by atomic mass is 10.0. The normalized spacial score (nSPS) is 14.0. The van der Waals surface area contributed by atoms with Crippen molar-refractivity contribution in [3.05, 3.63) is 35.9 Å². The van der Waals surface area contributed by atoms with E-state index in [0.29, 0.717) is 0 Å². The highest BCUT2D eigenvalue weighted by Crippen LogP contribution is 2.15. The summed E-state index contributed by atoms with van der Waals surface area (Å²) < 4.78 is 2.54. The summed E-state index contributed by atoms with van der Waals surface area (Å²) in [5.74, 6) is 2.36. The van der Waals surface area contributed by atoms with Crippen LogP contribution >= 0.6 is 0 Å². The van der Waals surface area contributed by atoms with E-state index in [-0.39, 0.29) is 0 Å². The maximum Gasteiger partial charge on any atom is 0.245 e. The molecule has 0 atom stereocenters. The molecule has 1 aliphatic rings. The molecule has 1 N–H and O–H groups in total. The van der Waals surface area contributed by atoms with Crippen LogP contribution in [0.5, 0.6) is 0 Å². The molecule has 0 aliphatic carbocycles. The van der Waals surface area contributed by atoms with E-state index in [2.05, 4.69) is 54.1 Å². The molecule has 0 unspecified atom stereocenters. The van der Waals surface area contributed by atoms with Crippen LogP contribution in [0.4, 0.5) is 0 Å². The monoisotopic (exact) mass is 413 g/mol. The molecule has 2 nitrogen and oxygen atoms in total. The maximum absolute atomic E-state index is 3.62. The third-order valence-electron chi connectivity index (χ3n) is 6.50. The lowest BCUT2D eigenvalue weighted by Gasteiger charge is -2.06. The second kappa shape index (κ2) is 16.4. The van der Waals surface area contributed by atoms with Gasteiger partial charge in [0, 0.05) is 6.42 Å². The van der Waals surface area contributed by atoms with Crippen LogP contribution in [-0.4, -0.2) is 23.5 Å². The Morgan fingerprint density at radius 2 is 1.27 bits per heavy atom. The summed E-state index contributed by atoms with van der Waals surface area (Å²) in [6.45, 7) is 8.00. The first kappa shape index (κ1) is 25.0. The summed E-state index contributed by atoms with van der Waals surface area (Å²) in [7, 11) is 0. The van der Waals surface area contributed by atoms with Gasteiger partial charge in [-0.25, -0.2) is 0 Å². The van der Waals surface area contributed by atoms with Crippen molar-refractivity contribution < 1.29 is 4.58 Å². The zero-order valence-corrected chi connectivity index (χ0v) is 20.1. The van der Waals surface area contributed by atoms with Gasteiger partial charge in [0.2, 0.25) is 5.84 Å². The minimum Gasteiger partial charge on any atom is -0.274 e. The molecule has 0 bridgehead atoms. The van der Waals surface area contributed by atoms with Crippen molar-refractivity contribution in [2.75, 3.05) is 13.1 Å². The van der Waals surface area contributed by atoms with Crippen LogP contribution in [-0.2, 0) is 6.54 Å². The highest BCUT2D eigenvalue weighted by molar-refractivity contribution is 5.78. The van der Waals surface area contributed by atoms with E-state index in [1.807, 2.05) is 0 Å². The van der Waals surface area contributed by atoms with Crippen LogP contribution in [0.15, 0.2) is 30.3 Å². The second-order valence-electron chi connectivity index (χ2n) is 9.81. The molecule has 0 saturated carbocycles. The SMILES string of the molecule is CC(C)CCCCCCCCCCCCCCCC1=[N+](Cc2ccccc2)CCN1. The molecule has 0 fully saturated rings. The van der Waals surface area contributed by atoms with E-state index in [0.717, 1.165) is 25.6 Å². The Morgan fingerprint density at radius 1 is 0.733 bits per heavy atom. The first-order valence-corrected chi connectivity index (χ1v) is 13.1. The molecule has 1 aliphatic heterocycles. The largest absolute Gasteiger partial charge is 0.274 e. The fourth-order valence-electron chi connectivity index (χ4n) is 4.60. The molecule has 1 aromatic rings. The molecule has 0 spiro atoms. The third-order valence-corrected chi connectivity index (χ3v) is 6.50.